The van der Waals surface area contributed by atoms with Gasteiger partial charge in [-0.3, -0.25) is 9.59 Å². The van der Waals surface area contributed by atoms with E-state index in [1.165, 1.54) is 0 Å². The molecule has 0 saturated carbocycles. The van der Waals surface area contributed by atoms with Gasteiger partial charge in [0.15, 0.2) is 0 Å². The summed E-state index contributed by atoms with van der Waals surface area (Å²) < 4.78 is 0. The van der Waals surface area contributed by atoms with Crippen molar-refractivity contribution < 1.29 is 9.59 Å². The molecule has 0 spiro atoms. The van der Waals surface area contributed by atoms with Crippen LogP contribution in [0.3, 0.4) is 0 Å². The van der Waals surface area contributed by atoms with Crippen molar-refractivity contribution in [3.05, 3.63) is 30.3 Å². The summed E-state index contributed by atoms with van der Waals surface area (Å²) in [5.41, 5.74) is 0.737. The van der Waals surface area contributed by atoms with Crippen LogP contribution in [-0.2, 0) is 9.59 Å². The zero-order chi connectivity index (χ0) is 15.1. The lowest BCUT2D eigenvalue weighted by atomic mass is 10.0. The van der Waals surface area contributed by atoms with Gasteiger partial charge in [0, 0.05) is 12.1 Å². The van der Waals surface area contributed by atoms with Crippen molar-refractivity contribution in [1.82, 2.24) is 5.32 Å². The molecule has 0 aromatic heterocycles. The topological polar surface area (TPSA) is 58.2 Å². The van der Waals surface area contributed by atoms with Crippen molar-refractivity contribution in [2.24, 2.45) is 11.8 Å². The predicted octanol–water partition coefficient (Wildman–Crippen LogP) is 2.81. The molecule has 0 aliphatic carbocycles. The summed E-state index contributed by atoms with van der Waals surface area (Å²) in [7, 11) is 0. The number of amides is 2. The van der Waals surface area contributed by atoms with E-state index in [2.05, 4.69) is 10.6 Å². The Bertz CT molecular complexity index is 441. The third-order valence-electron chi connectivity index (χ3n) is 2.90. The van der Waals surface area contributed by atoms with E-state index in [9.17, 15) is 9.59 Å². The maximum atomic E-state index is 12.2. The molecular formula is C16H24N2O2. The molecule has 0 fully saturated rings. The van der Waals surface area contributed by atoms with Crippen LogP contribution in [0.1, 0.15) is 34.1 Å². The van der Waals surface area contributed by atoms with Gasteiger partial charge in [0.2, 0.25) is 11.8 Å². The number of benzene rings is 1. The first-order valence-electron chi connectivity index (χ1n) is 7.05. The molecule has 1 rings (SSSR count). The number of hydrogen-bond donors (Lipinski definition) is 2. The van der Waals surface area contributed by atoms with E-state index in [-0.39, 0.29) is 23.7 Å². The van der Waals surface area contributed by atoms with Crippen molar-refractivity contribution in [1.29, 1.82) is 0 Å². The average Bonchev–Trinajstić information content (AvgIpc) is 2.35. The summed E-state index contributed by atoms with van der Waals surface area (Å²) >= 11 is 0. The van der Waals surface area contributed by atoms with Crippen LogP contribution in [0, 0.1) is 11.8 Å². The van der Waals surface area contributed by atoms with Gasteiger partial charge in [-0.2, -0.15) is 0 Å². The van der Waals surface area contributed by atoms with Crippen molar-refractivity contribution in [2.75, 3.05) is 5.32 Å². The molecule has 2 amide bonds. The first kappa shape index (κ1) is 16.2. The minimum absolute atomic E-state index is 0.0369. The summed E-state index contributed by atoms with van der Waals surface area (Å²) in [6.45, 7) is 7.80. The van der Waals surface area contributed by atoms with Gasteiger partial charge in [0.25, 0.3) is 0 Å². The highest BCUT2D eigenvalue weighted by atomic mass is 16.2. The SMILES string of the molecule is CC(C)CC(=O)NC(C(=O)Nc1ccccc1)C(C)C. The Labute approximate surface area is 121 Å². The summed E-state index contributed by atoms with van der Waals surface area (Å²) in [5.74, 6) is 0.0556. The molecule has 0 heterocycles. The van der Waals surface area contributed by atoms with Gasteiger partial charge < -0.3 is 10.6 Å². The lowest BCUT2D eigenvalue weighted by Gasteiger charge is -2.22. The molecule has 0 aliphatic heterocycles. The second-order valence-electron chi connectivity index (χ2n) is 5.74. The van der Waals surface area contributed by atoms with Gasteiger partial charge >= 0.3 is 0 Å². The lowest BCUT2D eigenvalue weighted by Crippen LogP contribution is -2.47. The fourth-order valence-corrected chi connectivity index (χ4v) is 1.88. The molecule has 1 unspecified atom stereocenters. The Balaban J connectivity index is 2.66. The minimum Gasteiger partial charge on any atom is -0.344 e. The molecule has 2 N–H and O–H groups in total. The van der Waals surface area contributed by atoms with Crippen LogP contribution in [0.15, 0.2) is 30.3 Å². The van der Waals surface area contributed by atoms with Crippen molar-refractivity contribution in [3.8, 4) is 0 Å². The molecule has 110 valence electrons. The van der Waals surface area contributed by atoms with Crippen molar-refractivity contribution in [2.45, 2.75) is 40.2 Å². The van der Waals surface area contributed by atoms with E-state index in [1.54, 1.807) is 0 Å². The van der Waals surface area contributed by atoms with Crippen LogP contribution in [0.25, 0.3) is 0 Å². The highest BCUT2D eigenvalue weighted by molar-refractivity contribution is 5.97. The molecule has 1 aromatic rings. The van der Waals surface area contributed by atoms with Gasteiger partial charge in [0.05, 0.1) is 0 Å². The van der Waals surface area contributed by atoms with Crippen LogP contribution < -0.4 is 10.6 Å². The average molecular weight is 276 g/mol. The van der Waals surface area contributed by atoms with Crippen molar-refractivity contribution in [3.63, 3.8) is 0 Å². The van der Waals surface area contributed by atoms with Crippen LogP contribution >= 0.6 is 0 Å². The highest BCUT2D eigenvalue weighted by Gasteiger charge is 2.24. The van der Waals surface area contributed by atoms with E-state index in [4.69, 9.17) is 0 Å². The Hall–Kier alpha value is -1.84. The van der Waals surface area contributed by atoms with Crippen LogP contribution in [0.2, 0.25) is 0 Å². The number of carbonyl (C=O) groups excluding carboxylic acids is 2. The summed E-state index contributed by atoms with van der Waals surface area (Å²) in [5, 5.41) is 5.65. The fourth-order valence-electron chi connectivity index (χ4n) is 1.88. The molecule has 0 bridgehead atoms. The second-order valence-corrected chi connectivity index (χ2v) is 5.74. The molecule has 4 heteroatoms. The highest BCUT2D eigenvalue weighted by Crippen LogP contribution is 2.10. The fraction of sp³-hybridized carbons (Fsp3) is 0.500. The standard InChI is InChI=1S/C16H24N2O2/c1-11(2)10-14(19)18-15(12(3)4)16(20)17-13-8-6-5-7-9-13/h5-9,11-12,15H,10H2,1-4H3,(H,17,20)(H,18,19). The third-order valence-corrected chi connectivity index (χ3v) is 2.90. The first-order valence-corrected chi connectivity index (χ1v) is 7.05. The van der Waals surface area contributed by atoms with Gasteiger partial charge in [-0.15, -0.1) is 0 Å². The Morgan fingerprint density at radius 1 is 1.05 bits per heavy atom. The largest absolute Gasteiger partial charge is 0.344 e. The number of hydrogen-bond acceptors (Lipinski definition) is 2. The minimum atomic E-state index is -0.513. The summed E-state index contributed by atoms with van der Waals surface area (Å²) in [4.78, 5) is 24.1. The Morgan fingerprint density at radius 3 is 2.15 bits per heavy atom. The third kappa shape index (κ3) is 5.43. The lowest BCUT2D eigenvalue weighted by molar-refractivity contribution is -0.127. The Morgan fingerprint density at radius 2 is 1.65 bits per heavy atom. The van der Waals surface area contributed by atoms with Gasteiger partial charge in [0.1, 0.15) is 6.04 Å². The normalized spacial score (nSPS) is 12.3. The van der Waals surface area contributed by atoms with E-state index < -0.39 is 6.04 Å². The molecular weight excluding hydrogens is 252 g/mol. The quantitative estimate of drug-likeness (QED) is 0.839. The molecule has 4 nitrogen and oxygen atoms in total. The number of nitrogens with one attached hydrogen (secondary N) is 2. The molecule has 1 aromatic carbocycles. The van der Waals surface area contributed by atoms with E-state index >= 15 is 0 Å². The monoisotopic (exact) mass is 276 g/mol. The maximum absolute atomic E-state index is 12.2. The van der Waals surface area contributed by atoms with Crippen LogP contribution in [0.5, 0.6) is 0 Å². The molecule has 0 saturated heterocycles. The van der Waals surface area contributed by atoms with Gasteiger partial charge in [-0.1, -0.05) is 45.9 Å². The summed E-state index contributed by atoms with van der Waals surface area (Å²) in [6.07, 6.45) is 0.432. The van der Waals surface area contributed by atoms with Crippen LogP contribution in [0.4, 0.5) is 5.69 Å². The van der Waals surface area contributed by atoms with E-state index in [0.29, 0.717) is 6.42 Å². The number of para-hydroxylation sites is 1. The molecule has 0 radical (unpaired) electrons. The van der Waals surface area contributed by atoms with Gasteiger partial charge in [-0.25, -0.2) is 0 Å². The van der Waals surface area contributed by atoms with E-state index in [0.717, 1.165) is 5.69 Å². The zero-order valence-electron chi connectivity index (χ0n) is 12.6. The molecule has 1 atom stereocenters. The second kappa shape index (κ2) is 7.68. The Kier molecular flexibility index (Phi) is 6.22. The first-order chi connectivity index (χ1) is 9.40. The maximum Gasteiger partial charge on any atom is 0.247 e. The number of carbonyl (C=O) groups is 2. The van der Waals surface area contributed by atoms with Gasteiger partial charge in [-0.05, 0) is 24.0 Å². The molecule has 0 aliphatic rings. The number of rotatable bonds is 6. The smallest absolute Gasteiger partial charge is 0.247 e. The molecule has 20 heavy (non-hydrogen) atoms. The number of anilines is 1. The van der Waals surface area contributed by atoms with Crippen LogP contribution in [-0.4, -0.2) is 17.9 Å². The predicted molar refractivity (Wildman–Crippen MR) is 81.3 cm³/mol. The van der Waals surface area contributed by atoms with Crippen molar-refractivity contribution >= 4 is 17.5 Å². The summed E-state index contributed by atoms with van der Waals surface area (Å²) in [6, 6.07) is 8.74. The zero-order valence-corrected chi connectivity index (χ0v) is 12.6. The van der Waals surface area contributed by atoms with E-state index in [1.807, 2.05) is 58.0 Å².